The Morgan fingerprint density at radius 1 is 1.07 bits per heavy atom. The predicted molar refractivity (Wildman–Crippen MR) is 56.1 cm³/mol. The molecule has 0 fully saturated rings. The first-order valence-electron chi connectivity index (χ1n) is 4.56. The molecule has 0 bridgehead atoms. The Kier molecular flexibility index (Phi) is 38.2. The fraction of sp³-hybridized carbons (Fsp3) is 0.700. The van der Waals surface area contributed by atoms with E-state index in [-0.39, 0.29) is 29.6 Å². The van der Waals surface area contributed by atoms with Crippen LogP contribution in [0.5, 0.6) is 0 Å². The zero-order valence-corrected chi connectivity index (χ0v) is 12.2. The summed E-state index contributed by atoms with van der Waals surface area (Å²) in [5.74, 6) is -1.67. The summed E-state index contributed by atoms with van der Waals surface area (Å²) in [6, 6.07) is 0. The molecular weight excluding hydrogens is 207 g/mol. The van der Waals surface area contributed by atoms with E-state index in [1.54, 1.807) is 0 Å². The normalized spacial score (nSPS) is 6.93. The van der Waals surface area contributed by atoms with Gasteiger partial charge in [0.1, 0.15) is 0 Å². The molecule has 0 heterocycles. The number of rotatable bonds is 3. The Morgan fingerprint density at radius 2 is 1.33 bits per heavy atom. The van der Waals surface area contributed by atoms with E-state index in [9.17, 15) is 0 Å². The van der Waals surface area contributed by atoms with Crippen LogP contribution in [0.2, 0.25) is 0 Å². The zero-order chi connectivity index (χ0) is 12.0. The molecule has 15 heavy (non-hydrogen) atoms. The van der Waals surface area contributed by atoms with Crippen LogP contribution in [0.4, 0.5) is 0 Å². The van der Waals surface area contributed by atoms with Gasteiger partial charge in [0.2, 0.25) is 0 Å². The van der Waals surface area contributed by atoms with Gasteiger partial charge in [-0.05, 0) is 0 Å². The smallest absolute Gasteiger partial charge is 0.481 e. The van der Waals surface area contributed by atoms with Crippen LogP contribution in [-0.2, 0) is 9.59 Å². The van der Waals surface area contributed by atoms with E-state index in [1.807, 2.05) is 0 Å². The standard InChI is InChI=1S/C6H13.2C2H4O2.Na/c1-3-5-6-4-2;2*1-2(3)4;/h1,3-6H2,2H3;2*1H3,(H,3,4);/q-1;;;+1. The van der Waals surface area contributed by atoms with Gasteiger partial charge < -0.3 is 17.1 Å². The van der Waals surface area contributed by atoms with Gasteiger partial charge in [0.05, 0.1) is 0 Å². The van der Waals surface area contributed by atoms with Gasteiger partial charge in [-0.15, -0.1) is 0 Å². The van der Waals surface area contributed by atoms with E-state index in [4.69, 9.17) is 19.8 Å². The monoisotopic (exact) mass is 228 g/mol. The Hall–Kier alpha value is -0.0600. The topological polar surface area (TPSA) is 74.6 Å². The number of carboxylic acids is 2. The SMILES string of the molecule is CC(=O)O.CC(=O)O.[CH2-]CCCCC.[Na+]. The van der Waals surface area contributed by atoms with E-state index in [0.29, 0.717) is 0 Å². The van der Waals surface area contributed by atoms with Crippen LogP contribution < -0.4 is 29.6 Å². The van der Waals surface area contributed by atoms with Crippen LogP contribution in [0.15, 0.2) is 0 Å². The fourth-order valence-corrected chi connectivity index (χ4v) is 0.427. The van der Waals surface area contributed by atoms with E-state index < -0.39 is 11.9 Å². The molecule has 0 amide bonds. The van der Waals surface area contributed by atoms with Crippen molar-refractivity contribution >= 4 is 11.9 Å². The summed E-state index contributed by atoms with van der Waals surface area (Å²) >= 11 is 0. The molecule has 0 spiro atoms. The number of hydrogen-bond acceptors (Lipinski definition) is 2. The molecule has 86 valence electrons. The van der Waals surface area contributed by atoms with Crippen molar-refractivity contribution in [2.45, 2.75) is 46.5 Å². The molecule has 0 saturated carbocycles. The van der Waals surface area contributed by atoms with Crippen LogP contribution in [0.3, 0.4) is 0 Å². The molecular formula is C10H21NaO4. The third kappa shape index (κ3) is 230. The maximum absolute atomic E-state index is 9.00. The molecule has 4 nitrogen and oxygen atoms in total. The zero-order valence-electron chi connectivity index (χ0n) is 10.2. The molecule has 0 unspecified atom stereocenters. The van der Waals surface area contributed by atoms with E-state index in [2.05, 4.69) is 13.8 Å². The molecule has 0 aliphatic heterocycles. The van der Waals surface area contributed by atoms with Crippen molar-refractivity contribution in [2.24, 2.45) is 0 Å². The van der Waals surface area contributed by atoms with Gasteiger partial charge in [-0.2, -0.15) is 6.42 Å². The van der Waals surface area contributed by atoms with E-state index >= 15 is 0 Å². The van der Waals surface area contributed by atoms with Gasteiger partial charge in [-0.3, -0.25) is 9.59 Å². The molecule has 0 aromatic rings. The molecule has 0 aromatic heterocycles. The number of hydrogen-bond donors (Lipinski definition) is 2. The Morgan fingerprint density at radius 3 is 1.40 bits per heavy atom. The van der Waals surface area contributed by atoms with Crippen LogP contribution in [0, 0.1) is 6.92 Å². The third-order valence-corrected chi connectivity index (χ3v) is 0.854. The van der Waals surface area contributed by atoms with Gasteiger partial charge in [0.25, 0.3) is 11.9 Å². The van der Waals surface area contributed by atoms with Crippen molar-refractivity contribution in [3.8, 4) is 0 Å². The van der Waals surface area contributed by atoms with Crippen molar-refractivity contribution in [3.63, 3.8) is 0 Å². The second kappa shape index (κ2) is 23.6. The number of carboxylic acid groups (broad SMARTS) is 2. The first-order valence-corrected chi connectivity index (χ1v) is 4.56. The van der Waals surface area contributed by atoms with E-state index in [1.165, 1.54) is 19.3 Å². The van der Waals surface area contributed by atoms with Crippen LogP contribution >= 0.6 is 0 Å². The molecule has 0 aromatic carbocycles. The average Bonchev–Trinajstić information content (AvgIpc) is 1.98. The van der Waals surface area contributed by atoms with E-state index in [0.717, 1.165) is 20.3 Å². The van der Waals surface area contributed by atoms with Crippen molar-refractivity contribution in [1.29, 1.82) is 0 Å². The summed E-state index contributed by atoms with van der Waals surface area (Å²) in [7, 11) is 0. The largest absolute Gasteiger partial charge is 1.00 e. The number of unbranched alkanes of at least 4 members (excludes halogenated alkanes) is 3. The van der Waals surface area contributed by atoms with Gasteiger partial charge in [0, 0.05) is 13.8 Å². The van der Waals surface area contributed by atoms with Crippen molar-refractivity contribution in [3.05, 3.63) is 6.92 Å². The van der Waals surface area contributed by atoms with Gasteiger partial charge in [-0.1, -0.05) is 26.2 Å². The fourth-order valence-electron chi connectivity index (χ4n) is 0.427. The minimum Gasteiger partial charge on any atom is -0.481 e. The minimum atomic E-state index is -0.833. The quantitative estimate of drug-likeness (QED) is 0.391. The molecule has 0 rings (SSSR count). The first kappa shape index (κ1) is 24.3. The van der Waals surface area contributed by atoms with Gasteiger partial charge in [0.15, 0.2) is 0 Å². The summed E-state index contributed by atoms with van der Waals surface area (Å²) < 4.78 is 0. The third-order valence-electron chi connectivity index (χ3n) is 0.854. The summed E-state index contributed by atoms with van der Waals surface area (Å²) in [5.41, 5.74) is 0. The number of aliphatic carboxylic acids is 2. The first-order chi connectivity index (χ1) is 6.38. The van der Waals surface area contributed by atoms with Crippen molar-refractivity contribution < 1.29 is 49.4 Å². The maximum Gasteiger partial charge on any atom is 1.00 e. The molecule has 0 atom stereocenters. The average molecular weight is 228 g/mol. The van der Waals surface area contributed by atoms with Gasteiger partial charge >= 0.3 is 29.6 Å². The summed E-state index contributed by atoms with van der Waals surface area (Å²) in [6.45, 7) is 8.09. The summed E-state index contributed by atoms with van der Waals surface area (Å²) in [5, 5.41) is 14.8. The van der Waals surface area contributed by atoms with Gasteiger partial charge in [-0.25, -0.2) is 0 Å². The van der Waals surface area contributed by atoms with Crippen molar-refractivity contribution in [2.75, 3.05) is 0 Å². The Bertz CT molecular complexity index is 113. The van der Waals surface area contributed by atoms with Crippen LogP contribution in [0.25, 0.3) is 0 Å². The summed E-state index contributed by atoms with van der Waals surface area (Å²) in [4.78, 5) is 18.0. The molecule has 5 heteroatoms. The molecule has 0 saturated heterocycles. The number of carbonyl (C=O) groups is 2. The predicted octanol–water partition coefficient (Wildman–Crippen LogP) is -0.413. The Balaban J connectivity index is -0.0000000606. The Labute approximate surface area is 114 Å². The van der Waals surface area contributed by atoms with Crippen molar-refractivity contribution in [1.82, 2.24) is 0 Å². The summed E-state index contributed by atoms with van der Waals surface area (Å²) in [6.07, 6.45) is 5.07. The van der Waals surface area contributed by atoms with Crippen LogP contribution in [0.1, 0.15) is 46.5 Å². The second-order valence-electron chi connectivity index (χ2n) is 2.60. The molecule has 2 N–H and O–H groups in total. The second-order valence-corrected chi connectivity index (χ2v) is 2.60. The molecule has 0 aliphatic carbocycles. The maximum atomic E-state index is 9.00. The minimum absolute atomic E-state index is 0. The molecule has 0 aliphatic rings. The molecule has 0 radical (unpaired) electrons. The van der Waals surface area contributed by atoms with Crippen LogP contribution in [-0.4, -0.2) is 22.2 Å².